The molecular formula is C10H18N4O2. The van der Waals surface area contributed by atoms with Crippen LogP contribution in [-0.2, 0) is 16.6 Å². The number of carbonyl (C=O) groups excluding carboxylic acids is 1. The van der Waals surface area contributed by atoms with Gasteiger partial charge < -0.3 is 15.8 Å². The zero-order chi connectivity index (χ0) is 12.1. The number of hydrogen-bond acceptors (Lipinski definition) is 4. The first-order valence-electron chi connectivity index (χ1n) is 5.10. The van der Waals surface area contributed by atoms with E-state index in [1.807, 2.05) is 13.0 Å². The molecule has 90 valence electrons. The number of nitrogens with one attached hydrogen (secondary N) is 1. The zero-order valence-corrected chi connectivity index (χ0v) is 9.86. The Bertz CT molecular complexity index is 358. The zero-order valence-electron chi connectivity index (χ0n) is 9.86. The number of carbonyl (C=O) groups is 1. The van der Waals surface area contributed by atoms with Crippen LogP contribution in [0.3, 0.4) is 0 Å². The van der Waals surface area contributed by atoms with E-state index in [-0.39, 0.29) is 18.4 Å². The van der Waals surface area contributed by atoms with Crippen LogP contribution in [0.5, 0.6) is 0 Å². The molecule has 0 radical (unpaired) electrons. The molecule has 1 heterocycles. The number of nitrogens with two attached hydrogens (primary N) is 1. The van der Waals surface area contributed by atoms with Gasteiger partial charge in [0.25, 0.3) is 0 Å². The van der Waals surface area contributed by atoms with Crippen molar-refractivity contribution in [1.29, 1.82) is 0 Å². The predicted octanol–water partition coefficient (Wildman–Crippen LogP) is 0.0308. The molecular weight excluding hydrogens is 208 g/mol. The molecule has 6 heteroatoms. The minimum Gasteiger partial charge on any atom is -0.380 e. The Kier molecular flexibility index (Phi) is 4.45. The molecule has 0 aliphatic heterocycles. The Morgan fingerprint density at radius 1 is 1.75 bits per heavy atom. The van der Waals surface area contributed by atoms with Gasteiger partial charge >= 0.3 is 0 Å². The topological polar surface area (TPSA) is 82.2 Å². The van der Waals surface area contributed by atoms with E-state index in [0.29, 0.717) is 12.4 Å². The van der Waals surface area contributed by atoms with Crippen molar-refractivity contribution in [3.8, 4) is 0 Å². The summed E-state index contributed by atoms with van der Waals surface area (Å²) >= 11 is 0. The number of hydrogen-bond donors (Lipinski definition) is 2. The minimum absolute atomic E-state index is 0.125. The lowest BCUT2D eigenvalue weighted by molar-refractivity contribution is -0.118. The maximum Gasteiger partial charge on any atom is 0.228 e. The number of amides is 1. The molecule has 0 bridgehead atoms. The third-order valence-corrected chi connectivity index (χ3v) is 2.28. The van der Waals surface area contributed by atoms with E-state index in [1.165, 1.54) is 0 Å². The lowest BCUT2D eigenvalue weighted by Gasteiger charge is -2.12. The highest BCUT2D eigenvalue weighted by atomic mass is 16.5. The fraction of sp³-hybridized carbons (Fsp3) is 0.600. The molecule has 1 aromatic heterocycles. The first-order valence-corrected chi connectivity index (χ1v) is 5.10. The van der Waals surface area contributed by atoms with Crippen LogP contribution in [-0.4, -0.2) is 35.4 Å². The fourth-order valence-electron chi connectivity index (χ4n) is 1.39. The predicted molar refractivity (Wildman–Crippen MR) is 61.0 cm³/mol. The van der Waals surface area contributed by atoms with Crippen molar-refractivity contribution in [2.75, 3.05) is 19.0 Å². The average molecular weight is 226 g/mol. The summed E-state index contributed by atoms with van der Waals surface area (Å²) in [5.41, 5.74) is 6.30. The van der Waals surface area contributed by atoms with Crippen LogP contribution in [0.2, 0.25) is 0 Å². The van der Waals surface area contributed by atoms with E-state index >= 15 is 0 Å². The van der Waals surface area contributed by atoms with Crippen molar-refractivity contribution in [1.82, 2.24) is 9.78 Å². The Morgan fingerprint density at radius 3 is 2.88 bits per heavy atom. The molecule has 0 saturated carbocycles. The molecule has 16 heavy (non-hydrogen) atoms. The molecule has 0 saturated heterocycles. The van der Waals surface area contributed by atoms with E-state index in [0.717, 1.165) is 5.69 Å². The monoisotopic (exact) mass is 226 g/mol. The maximum absolute atomic E-state index is 11.6. The number of aromatic nitrogens is 2. The maximum atomic E-state index is 11.6. The largest absolute Gasteiger partial charge is 0.380 e. The van der Waals surface area contributed by atoms with E-state index in [4.69, 9.17) is 10.5 Å². The molecule has 1 aromatic rings. The number of nitrogens with zero attached hydrogens (tertiary/aromatic N) is 2. The Labute approximate surface area is 94.8 Å². The lowest BCUT2D eigenvalue weighted by atomic mass is 10.2. The van der Waals surface area contributed by atoms with Crippen LogP contribution >= 0.6 is 0 Å². The van der Waals surface area contributed by atoms with Crippen LogP contribution < -0.4 is 11.1 Å². The van der Waals surface area contributed by atoms with Crippen LogP contribution in [0.4, 0.5) is 5.82 Å². The molecule has 0 fully saturated rings. The number of rotatable bonds is 5. The molecule has 1 rings (SSSR count). The van der Waals surface area contributed by atoms with Crippen molar-refractivity contribution in [3.63, 3.8) is 0 Å². The van der Waals surface area contributed by atoms with Gasteiger partial charge in [-0.3, -0.25) is 9.48 Å². The van der Waals surface area contributed by atoms with Crippen molar-refractivity contribution in [3.05, 3.63) is 11.8 Å². The molecule has 3 N–H and O–H groups in total. The summed E-state index contributed by atoms with van der Waals surface area (Å²) in [5.74, 6) is 0.551. The van der Waals surface area contributed by atoms with Gasteiger partial charge in [0.05, 0.1) is 18.2 Å². The summed E-state index contributed by atoms with van der Waals surface area (Å²) < 4.78 is 6.66. The average Bonchev–Trinajstić information content (AvgIpc) is 2.54. The molecule has 0 aliphatic carbocycles. The molecule has 0 aromatic carbocycles. The SMILES string of the molecule is COC(CN)CC(=O)Nc1cc(C)nn1C. The second-order valence-electron chi connectivity index (χ2n) is 3.64. The number of ether oxygens (including phenoxy) is 1. The summed E-state index contributed by atoms with van der Waals surface area (Å²) in [7, 11) is 3.32. The normalized spacial score (nSPS) is 12.5. The smallest absolute Gasteiger partial charge is 0.228 e. The van der Waals surface area contributed by atoms with Crippen LogP contribution in [0, 0.1) is 6.92 Å². The molecule has 1 amide bonds. The second-order valence-corrected chi connectivity index (χ2v) is 3.64. The summed E-state index contributed by atoms with van der Waals surface area (Å²) in [6.45, 7) is 2.20. The van der Waals surface area contributed by atoms with E-state index < -0.39 is 0 Å². The minimum atomic E-state index is -0.241. The van der Waals surface area contributed by atoms with Gasteiger partial charge in [-0.05, 0) is 6.92 Å². The lowest BCUT2D eigenvalue weighted by Crippen LogP contribution is -2.28. The Balaban J connectivity index is 2.54. The van der Waals surface area contributed by atoms with E-state index in [1.54, 1.807) is 18.8 Å². The van der Waals surface area contributed by atoms with Crippen molar-refractivity contribution < 1.29 is 9.53 Å². The number of aryl methyl sites for hydroxylation is 2. The van der Waals surface area contributed by atoms with E-state index in [2.05, 4.69) is 10.4 Å². The molecule has 0 spiro atoms. The third kappa shape index (κ3) is 3.32. The van der Waals surface area contributed by atoms with Crippen LogP contribution in [0.1, 0.15) is 12.1 Å². The highest BCUT2D eigenvalue weighted by molar-refractivity contribution is 5.90. The van der Waals surface area contributed by atoms with Gasteiger partial charge in [-0.1, -0.05) is 0 Å². The fourth-order valence-corrected chi connectivity index (χ4v) is 1.39. The molecule has 6 nitrogen and oxygen atoms in total. The van der Waals surface area contributed by atoms with Crippen molar-refractivity contribution in [2.45, 2.75) is 19.4 Å². The van der Waals surface area contributed by atoms with Crippen molar-refractivity contribution in [2.24, 2.45) is 12.8 Å². The van der Waals surface area contributed by atoms with Gasteiger partial charge in [0.1, 0.15) is 5.82 Å². The summed E-state index contributed by atoms with van der Waals surface area (Å²) in [6.07, 6.45) is 0.00588. The Morgan fingerprint density at radius 2 is 2.44 bits per heavy atom. The number of anilines is 1. The summed E-state index contributed by atoms with van der Waals surface area (Å²) in [6, 6.07) is 1.81. The van der Waals surface area contributed by atoms with Crippen LogP contribution in [0.15, 0.2) is 6.07 Å². The van der Waals surface area contributed by atoms with E-state index in [9.17, 15) is 4.79 Å². The third-order valence-electron chi connectivity index (χ3n) is 2.28. The van der Waals surface area contributed by atoms with Gasteiger partial charge in [-0.2, -0.15) is 5.10 Å². The highest BCUT2D eigenvalue weighted by Gasteiger charge is 2.13. The second kappa shape index (κ2) is 5.62. The van der Waals surface area contributed by atoms with Crippen LogP contribution in [0.25, 0.3) is 0 Å². The summed E-state index contributed by atoms with van der Waals surface area (Å²) in [4.78, 5) is 11.6. The molecule has 0 aliphatic rings. The number of methoxy groups -OCH3 is 1. The Hall–Kier alpha value is -1.40. The quantitative estimate of drug-likeness (QED) is 0.742. The molecule has 1 unspecified atom stereocenters. The van der Waals surface area contributed by atoms with Gasteiger partial charge in [0.2, 0.25) is 5.91 Å². The molecule has 1 atom stereocenters. The standard InChI is InChI=1S/C10H18N4O2/c1-7-4-9(14(2)13-7)12-10(15)5-8(6-11)16-3/h4,8H,5-6,11H2,1-3H3,(H,12,15). The summed E-state index contributed by atoms with van der Waals surface area (Å²) in [5, 5.41) is 6.89. The highest BCUT2D eigenvalue weighted by Crippen LogP contribution is 2.09. The van der Waals surface area contributed by atoms with Gasteiger partial charge in [-0.25, -0.2) is 0 Å². The van der Waals surface area contributed by atoms with Gasteiger partial charge in [0.15, 0.2) is 0 Å². The first-order chi connectivity index (χ1) is 7.56. The first kappa shape index (κ1) is 12.7. The van der Waals surface area contributed by atoms with Gasteiger partial charge in [-0.15, -0.1) is 0 Å². The van der Waals surface area contributed by atoms with Gasteiger partial charge in [0, 0.05) is 26.8 Å². The van der Waals surface area contributed by atoms with Crippen molar-refractivity contribution >= 4 is 11.7 Å².